The normalized spacial score (nSPS) is 19.8. The number of ether oxygens (including phenoxy) is 1. The van der Waals surface area contributed by atoms with Gasteiger partial charge in [-0.2, -0.15) is 0 Å². The largest absolute Gasteiger partial charge is 0.497 e. The van der Waals surface area contributed by atoms with Gasteiger partial charge in [-0.15, -0.1) is 0 Å². The molecule has 1 heteroatoms. The van der Waals surface area contributed by atoms with Crippen LogP contribution in [0, 0.1) is 17.8 Å². The first-order chi connectivity index (χ1) is 12.3. The molecule has 0 unspecified atom stereocenters. The molecule has 0 spiro atoms. The first kappa shape index (κ1) is 17.6. The van der Waals surface area contributed by atoms with E-state index in [-0.39, 0.29) is 0 Å². The zero-order valence-electron chi connectivity index (χ0n) is 15.4. The number of hydrogen-bond donors (Lipinski definition) is 0. The Hall–Kier alpha value is -2.20. The van der Waals surface area contributed by atoms with Crippen molar-refractivity contribution in [3.63, 3.8) is 0 Å². The summed E-state index contributed by atoms with van der Waals surface area (Å²) >= 11 is 0. The van der Waals surface area contributed by atoms with E-state index in [1.165, 1.54) is 43.2 Å². The Kier molecular flexibility index (Phi) is 6.18. The fourth-order valence-electron chi connectivity index (χ4n) is 3.68. The lowest BCUT2D eigenvalue weighted by atomic mass is 9.79. The third-order valence-corrected chi connectivity index (χ3v) is 5.23. The van der Waals surface area contributed by atoms with Crippen molar-refractivity contribution < 1.29 is 4.74 Å². The second-order valence-electron chi connectivity index (χ2n) is 7.04. The van der Waals surface area contributed by atoms with E-state index in [0.29, 0.717) is 11.8 Å². The number of aryl methyl sites for hydroxylation is 1. The monoisotopic (exact) mass is 332 g/mol. The summed E-state index contributed by atoms with van der Waals surface area (Å²) in [5.74, 6) is 9.06. The summed E-state index contributed by atoms with van der Waals surface area (Å²) in [6, 6.07) is 17.3. The summed E-state index contributed by atoms with van der Waals surface area (Å²) in [5.41, 5.74) is 4.00. The Morgan fingerprint density at radius 3 is 2.20 bits per heavy atom. The van der Waals surface area contributed by atoms with E-state index < -0.39 is 0 Å². The topological polar surface area (TPSA) is 9.23 Å². The van der Waals surface area contributed by atoms with Gasteiger partial charge >= 0.3 is 0 Å². The van der Waals surface area contributed by atoms with Crippen LogP contribution in [0.15, 0.2) is 48.5 Å². The van der Waals surface area contributed by atoms with E-state index >= 15 is 0 Å². The molecular weight excluding hydrogens is 304 g/mol. The van der Waals surface area contributed by atoms with Crippen LogP contribution in [0.2, 0.25) is 0 Å². The first-order valence-electron chi connectivity index (χ1n) is 9.53. The minimum absolute atomic E-state index is 0.546. The van der Waals surface area contributed by atoms with Gasteiger partial charge in [-0.05, 0) is 73.4 Å². The minimum atomic E-state index is 0.546. The number of rotatable bonds is 4. The Morgan fingerprint density at radius 2 is 1.60 bits per heavy atom. The van der Waals surface area contributed by atoms with Gasteiger partial charge in [0, 0.05) is 11.5 Å². The molecule has 0 atom stereocenters. The summed E-state index contributed by atoms with van der Waals surface area (Å²) in [6.07, 6.45) is 7.24. The maximum Gasteiger partial charge on any atom is 0.118 e. The van der Waals surface area contributed by atoms with Crippen molar-refractivity contribution in [3.8, 4) is 17.6 Å². The summed E-state index contributed by atoms with van der Waals surface area (Å²) in [4.78, 5) is 0. The van der Waals surface area contributed by atoms with Crippen LogP contribution in [0.1, 0.15) is 61.6 Å². The van der Waals surface area contributed by atoms with Crippen LogP contribution < -0.4 is 4.74 Å². The highest BCUT2D eigenvalue weighted by Gasteiger charge is 2.21. The number of methoxy groups -OCH3 is 1. The van der Waals surface area contributed by atoms with Gasteiger partial charge in [-0.3, -0.25) is 0 Å². The smallest absolute Gasteiger partial charge is 0.118 e. The molecular formula is C24H28O. The highest BCUT2D eigenvalue weighted by molar-refractivity contribution is 5.37. The summed E-state index contributed by atoms with van der Waals surface area (Å²) in [7, 11) is 1.72. The molecule has 0 aliphatic heterocycles. The number of hydrogen-bond acceptors (Lipinski definition) is 1. The molecule has 1 saturated carbocycles. The lowest BCUT2D eigenvalue weighted by molar-refractivity contribution is 0.383. The van der Waals surface area contributed by atoms with Gasteiger partial charge in [0.15, 0.2) is 0 Å². The molecule has 3 rings (SSSR count). The van der Waals surface area contributed by atoms with Crippen LogP contribution >= 0.6 is 0 Å². The molecule has 0 amide bonds. The maximum absolute atomic E-state index is 5.25. The molecule has 1 aliphatic carbocycles. The van der Waals surface area contributed by atoms with E-state index in [0.717, 1.165) is 17.7 Å². The molecule has 25 heavy (non-hydrogen) atoms. The third kappa shape index (κ3) is 4.89. The van der Waals surface area contributed by atoms with Crippen LogP contribution in [-0.4, -0.2) is 7.11 Å². The van der Waals surface area contributed by atoms with Crippen LogP contribution in [0.4, 0.5) is 0 Å². The fourth-order valence-corrected chi connectivity index (χ4v) is 3.68. The number of benzene rings is 2. The van der Waals surface area contributed by atoms with Crippen molar-refractivity contribution >= 4 is 0 Å². The quantitative estimate of drug-likeness (QED) is 0.626. The summed E-state index contributed by atoms with van der Waals surface area (Å²) in [5, 5.41) is 0. The molecule has 0 heterocycles. The third-order valence-electron chi connectivity index (χ3n) is 5.23. The highest BCUT2D eigenvalue weighted by atomic mass is 16.5. The van der Waals surface area contributed by atoms with Gasteiger partial charge in [0.25, 0.3) is 0 Å². The second kappa shape index (κ2) is 8.77. The van der Waals surface area contributed by atoms with E-state index in [4.69, 9.17) is 4.74 Å². The Labute approximate surface area is 152 Å². The fraction of sp³-hybridized carbons (Fsp3) is 0.417. The Bertz CT molecular complexity index is 707. The van der Waals surface area contributed by atoms with E-state index in [9.17, 15) is 0 Å². The van der Waals surface area contributed by atoms with E-state index in [1.807, 2.05) is 0 Å². The maximum atomic E-state index is 5.25. The van der Waals surface area contributed by atoms with Crippen LogP contribution in [-0.2, 0) is 6.42 Å². The van der Waals surface area contributed by atoms with E-state index in [2.05, 4.69) is 67.3 Å². The van der Waals surface area contributed by atoms with Crippen LogP contribution in [0.25, 0.3) is 0 Å². The molecule has 0 bridgehead atoms. The van der Waals surface area contributed by atoms with Crippen LogP contribution in [0.3, 0.4) is 0 Å². The zero-order chi connectivity index (χ0) is 17.5. The molecule has 2 aromatic rings. The average Bonchev–Trinajstić information content (AvgIpc) is 2.68. The SMILES string of the molecule is CCCc1ccc(C#CC2CCC(c3ccc(OC)cc3)CC2)cc1. The lowest BCUT2D eigenvalue weighted by Crippen LogP contribution is -2.12. The van der Waals surface area contributed by atoms with Gasteiger partial charge < -0.3 is 4.74 Å². The van der Waals surface area contributed by atoms with Crippen molar-refractivity contribution in [2.45, 2.75) is 51.4 Å². The van der Waals surface area contributed by atoms with Gasteiger partial charge in [0.1, 0.15) is 5.75 Å². The first-order valence-corrected chi connectivity index (χ1v) is 9.53. The molecule has 2 aromatic carbocycles. The lowest BCUT2D eigenvalue weighted by Gasteiger charge is -2.26. The summed E-state index contributed by atoms with van der Waals surface area (Å²) < 4.78 is 5.25. The molecule has 1 aliphatic rings. The Morgan fingerprint density at radius 1 is 0.920 bits per heavy atom. The molecule has 0 aromatic heterocycles. The van der Waals surface area contributed by atoms with Crippen molar-refractivity contribution in [1.82, 2.24) is 0 Å². The van der Waals surface area contributed by atoms with Gasteiger partial charge in [0.2, 0.25) is 0 Å². The Balaban J connectivity index is 1.54. The molecule has 0 saturated heterocycles. The predicted molar refractivity (Wildman–Crippen MR) is 105 cm³/mol. The van der Waals surface area contributed by atoms with Crippen molar-refractivity contribution in [2.75, 3.05) is 7.11 Å². The van der Waals surface area contributed by atoms with Crippen molar-refractivity contribution in [3.05, 3.63) is 65.2 Å². The zero-order valence-corrected chi connectivity index (χ0v) is 15.4. The minimum Gasteiger partial charge on any atom is -0.497 e. The van der Waals surface area contributed by atoms with Gasteiger partial charge in [-0.1, -0.05) is 49.5 Å². The second-order valence-corrected chi connectivity index (χ2v) is 7.04. The van der Waals surface area contributed by atoms with Gasteiger partial charge in [-0.25, -0.2) is 0 Å². The molecule has 1 nitrogen and oxygen atoms in total. The molecule has 130 valence electrons. The van der Waals surface area contributed by atoms with E-state index in [1.54, 1.807) is 7.11 Å². The van der Waals surface area contributed by atoms with Gasteiger partial charge in [0.05, 0.1) is 7.11 Å². The molecule has 0 N–H and O–H groups in total. The van der Waals surface area contributed by atoms with Crippen molar-refractivity contribution in [2.24, 2.45) is 5.92 Å². The summed E-state index contributed by atoms with van der Waals surface area (Å²) in [6.45, 7) is 2.22. The average molecular weight is 332 g/mol. The van der Waals surface area contributed by atoms with Crippen LogP contribution in [0.5, 0.6) is 5.75 Å². The van der Waals surface area contributed by atoms with Crippen molar-refractivity contribution in [1.29, 1.82) is 0 Å². The molecule has 1 fully saturated rings. The molecule has 0 radical (unpaired) electrons. The standard InChI is InChI=1S/C24H28O/c1-3-4-19-5-7-20(8-6-19)9-10-21-11-13-22(14-12-21)23-15-17-24(25-2)18-16-23/h5-8,15-18,21-22H,3-4,11-14H2,1-2H3. The highest BCUT2D eigenvalue weighted by Crippen LogP contribution is 2.36. The predicted octanol–water partition coefficient (Wildman–Crippen LogP) is 5.97.